The molecule has 2 amide bonds. The van der Waals surface area contributed by atoms with Crippen LogP contribution in [0.15, 0.2) is 53.6 Å². The van der Waals surface area contributed by atoms with Gasteiger partial charge in [-0.1, -0.05) is 12.1 Å². The number of nitrogens with zero attached hydrogens (tertiary/aromatic N) is 2. The average Bonchev–Trinajstić information content (AvgIpc) is 2.68. The number of anilines is 1. The molecule has 27 heavy (non-hydrogen) atoms. The average molecular weight is 370 g/mol. The Kier molecular flexibility index (Phi) is 6.31. The summed E-state index contributed by atoms with van der Waals surface area (Å²) in [5, 5.41) is 16.7. The summed E-state index contributed by atoms with van der Waals surface area (Å²) < 4.78 is 4.55. The number of amides is 2. The van der Waals surface area contributed by atoms with Gasteiger partial charge >= 0.3 is 17.8 Å². The Bertz CT molecular complexity index is 908. The molecule has 2 aromatic carbocycles. The SMILES string of the molecule is COC(=O)c1ccc(NC(=O)C(=O)N/N=C\c2ccccc2[N+](=O)[O-])cc1. The van der Waals surface area contributed by atoms with E-state index < -0.39 is 22.7 Å². The van der Waals surface area contributed by atoms with Crippen molar-refractivity contribution >= 4 is 35.4 Å². The molecule has 0 spiro atoms. The summed E-state index contributed by atoms with van der Waals surface area (Å²) in [7, 11) is 1.24. The first-order chi connectivity index (χ1) is 12.9. The summed E-state index contributed by atoms with van der Waals surface area (Å²) in [6.45, 7) is 0. The van der Waals surface area contributed by atoms with E-state index in [0.29, 0.717) is 0 Å². The van der Waals surface area contributed by atoms with Crippen LogP contribution in [0, 0.1) is 10.1 Å². The number of esters is 1. The van der Waals surface area contributed by atoms with E-state index in [1.165, 1.54) is 49.6 Å². The summed E-state index contributed by atoms with van der Waals surface area (Å²) in [4.78, 5) is 45.2. The molecule has 2 N–H and O–H groups in total. The molecule has 0 aromatic heterocycles. The molecule has 2 aromatic rings. The van der Waals surface area contributed by atoms with Gasteiger partial charge in [0.05, 0.1) is 29.4 Å². The maximum absolute atomic E-state index is 11.8. The van der Waals surface area contributed by atoms with E-state index in [-0.39, 0.29) is 22.5 Å². The highest BCUT2D eigenvalue weighted by Crippen LogP contribution is 2.15. The Morgan fingerprint density at radius 3 is 2.37 bits per heavy atom. The lowest BCUT2D eigenvalue weighted by Gasteiger charge is -2.05. The lowest BCUT2D eigenvalue weighted by atomic mass is 10.2. The van der Waals surface area contributed by atoms with Crippen molar-refractivity contribution in [3.05, 3.63) is 69.8 Å². The van der Waals surface area contributed by atoms with Crippen molar-refractivity contribution in [2.75, 3.05) is 12.4 Å². The van der Waals surface area contributed by atoms with E-state index in [1.54, 1.807) is 6.07 Å². The van der Waals surface area contributed by atoms with Gasteiger partial charge in [0.2, 0.25) is 0 Å². The molecule has 0 unspecified atom stereocenters. The number of para-hydroxylation sites is 1. The number of hydrazone groups is 1. The van der Waals surface area contributed by atoms with Gasteiger partial charge < -0.3 is 10.1 Å². The van der Waals surface area contributed by atoms with Gasteiger partial charge in [-0.2, -0.15) is 5.10 Å². The van der Waals surface area contributed by atoms with E-state index in [1.807, 2.05) is 5.43 Å². The zero-order chi connectivity index (χ0) is 19.8. The predicted octanol–water partition coefficient (Wildman–Crippen LogP) is 1.47. The minimum Gasteiger partial charge on any atom is -0.465 e. The smallest absolute Gasteiger partial charge is 0.337 e. The second-order valence-corrected chi connectivity index (χ2v) is 5.04. The van der Waals surface area contributed by atoms with Crippen LogP contribution in [0.1, 0.15) is 15.9 Å². The van der Waals surface area contributed by atoms with Gasteiger partial charge in [-0.15, -0.1) is 0 Å². The first-order valence-electron chi connectivity index (χ1n) is 7.48. The molecule has 2 rings (SSSR count). The zero-order valence-electron chi connectivity index (χ0n) is 14.0. The van der Waals surface area contributed by atoms with Gasteiger partial charge in [-0.05, 0) is 30.3 Å². The van der Waals surface area contributed by atoms with Crippen molar-refractivity contribution in [1.29, 1.82) is 0 Å². The van der Waals surface area contributed by atoms with E-state index in [9.17, 15) is 24.5 Å². The number of benzene rings is 2. The normalized spacial score (nSPS) is 10.3. The summed E-state index contributed by atoms with van der Waals surface area (Å²) in [5.41, 5.74) is 2.53. The fourth-order valence-corrected chi connectivity index (χ4v) is 1.97. The second-order valence-electron chi connectivity index (χ2n) is 5.04. The van der Waals surface area contributed by atoms with Crippen molar-refractivity contribution < 1.29 is 24.0 Å². The first-order valence-corrected chi connectivity index (χ1v) is 7.48. The van der Waals surface area contributed by atoms with Gasteiger partial charge in [0.1, 0.15) is 0 Å². The predicted molar refractivity (Wildman–Crippen MR) is 95.2 cm³/mol. The van der Waals surface area contributed by atoms with Crippen molar-refractivity contribution in [3.8, 4) is 0 Å². The van der Waals surface area contributed by atoms with Crippen LogP contribution in [0.4, 0.5) is 11.4 Å². The summed E-state index contributed by atoms with van der Waals surface area (Å²) in [5.74, 6) is -2.60. The quantitative estimate of drug-likeness (QED) is 0.268. The molecule has 10 nitrogen and oxygen atoms in total. The molecular formula is C17H14N4O6. The van der Waals surface area contributed by atoms with E-state index in [2.05, 4.69) is 15.2 Å². The molecule has 0 heterocycles. The fourth-order valence-electron chi connectivity index (χ4n) is 1.97. The number of carbonyl (C=O) groups is 3. The van der Waals surface area contributed by atoms with E-state index in [0.717, 1.165) is 6.21 Å². The van der Waals surface area contributed by atoms with E-state index in [4.69, 9.17) is 0 Å². The van der Waals surface area contributed by atoms with Crippen LogP contribution in [0.5, 0.6) is 0 Å². The Balaban J connectivity index is 1.95. The number of ether oxygens (including phenoxy) is 1. The number of hydrogen-bond donors (Lipinski definition) is 2. The number of nitro groups is 1. The number of nitro benzene ring substituents is 1. The number of nitrogens with one attached hydrogen (secondary N) is 2. The molecule has 138 valence electrons. The third-order valence-corrected chi connectivity index (χ3v) is 3.27. The number of rotatable bonds is 5. The summed E-state index contributed by atoms with van der Waals surface area (Å²) in [6, 6.07) is 11.5. The Labute approximate surface area is 153 Å². The molecule has 0 bridgehead atoms. The molecule has 0 aliphatic carbocycles. The van der Waals surface area contributed by atoms with Crippen molar-refractivity contribution in [2.24, 2.45) is 5.10 Å². The molecular weight excluding hydrogens is 356 g/mol. The topological polar surface area (TPSA) is 140 Å². The van der Waals surface area contributed by atoms with Gasteiger partial charge in [0.25, 0.3) is 5.69 Å². The van der Waals surface area contributed by atoms with Gasteiger partial charge in [-0.25, -0.2) is 10.2 Å². The van der Waals surface area contributed by atoms with Gasteiger partial charge in [0.15, 0.2) is 0 Å². The third-order valence-electron chi connectivity index (χ3n) is 3.27. The monoisotopic (exact) mass is 370 g/mol. The Hall–Kier alpha value is -4.08. The Morgan fingerprint density at radius 1 is 1.07 bits per heavy atom. The Morgan fingerprint density at radius 2 is 1.74 bits per heavy atom. The maximum Gasteiger partial charge on any atom is 0.337 e. The van der Waals surface area contributed by atoms with Crippen LogP contribution in [0.3, 0.4) is 0 Å². The van der Waals surface area contributed by atoms with E-state index >= 15 is 0 Å². The molecule has 0 saturated heterocycles. The summed E-state index contributed by atoms with van der Waals surface area (Å²) in [6.07, 6.45) is 1.06. The third kappa shape index (κ3) is 5.19. The van der Waals surface area contributed by atoms with Crippen molar-refractivity contribution in [2.45, 2.75) is 0 Å². The van der Waals surface area contributed by atoms with Crippen LogP contribution in [-0.4, -0.2) is 36.0 Å². The minimum absolute atomic E-state index is 0.168. The molecule has 10 heteroatoms. The first kappa shape index (κ1) is 19.2. The summed E-state index contributed by atoms with van der Waals surface area (Å²) >= 11 is 0. The lowest BCUT2D eigenvalue weighted by Crippen LogP contribution is -2.32. The number of carbonyl (C=O) groups excluding carboxylic acids is 3. The second kappa shape index (κ2) is 8.85. The molecule has 0 radical (unpaired) electrons. The van der Waals surface area contributed by atoms with Crippen LogP contribution >= 0.6 is 0 Å². The van der Waals surface area contributed by atoms with Crippen LogP contribution in [0.25, 0.3) is 0 Å². The molecule has 0 aliphatic heterocycles. The fraction of sp³-hybridized carbons (Fsp3) is 0.0588. The largest absolute Gasteiger partial charge is 0.465 e. The van der Waals surface area contributed by atoms with Crippen molar-refractivity contribution in [3.63, 3.8) is 0 Å². The van der Waals surface area contributed by atoms with Gasteiger partial charge in [0, 0.05) is 11.8 Å². The van der Waals surface area contributed by atoms with Crippen LogP contribution in [0.2, 0.25) is 0 Å². The highest BCUT2D eigenvalue weighted by atomic mass is 16.6. The number of methoxy groups -OCH3 is 1. The van der Waals surface area contributed by atoms with Crippen LogP contribution < -0.4 is 10.7 Å². The van der Waals surface area contributed by atoms with Crippen molar-refractivity contribution in [1.82, 2.24) is 5.43 Å². The number of hydrogen-bond acceptors (Lipinski definition) is 7. The minimum atomic E-state index is -1.07. The molecule has 0 saturated carbocycles. The van der Waals surface area contributed by atoms with Crippen LogP contribution in [-0.2, 0) is 14.3 Å². The highest BCUT2D eigenvalue weighted by Gasteiger charge is 2.14. The lowest BCUT2D eigenvalue weighted by molar-refractivity contribution is -0.385. The molecule has 0 fully saturated rings. The maximum atomic E-state index is 11.8. The van der Waals surface area contributed by atoms with Gasteiger partial charge in [-0.3, -0.25) is 19.7 Å². The standard InChI is InChI=1S/C17H14N4O6/c1-27-17(24)11-6-8-13(9-7-11)19-15(22)16(23)20-18-10-12-4-2-3-5-14(12)21(25)26/h2-10H,1H3,(H,19,22)(H,20,23)/b18-10-. The molecule has 0 aliphatic rings. The zero-order valence-corrected chi connectivity index (χ0v) is 14.0. The molecule has 0 atom stereocenters. The highest BCUT2D eigenvalue weighted by molar-refractivity contribution is 6.39.